The number of carboxylic acids is 1. The molecule has 0 radical (unpaired) electrons. The third-order valence-corrected chi connectivity index (χ3v) is 11.7. The van der Waals surface area contributed by atoms with E-state index in [4.69, 9.17) is 25.5 Å². The first-order valence-corrected chi connectivity index (χ1v) is 24.7. The number of rotatable bonds is 27. The molecule has 2 heterocycles. The number of ether oxygens (including phenoxy) is 2. The number of aliphatic hydroxyl groups excluding tert-OH is 4. The molecule has 30 heteroatoms. The molecule has 5 amide bonds. The van der Waals surface area contributed by atoms with Gasteiger partial charge < -0.3 is 78.0 Å². The molecule has 13 atom stereocenters. The number of hydrogen-bond acceptors (Lipinski definition) is 19. The molecule has 72 heavy (non-hydrogen) atoms. The first-order chi connectivity index (χ1) is 33.3. The molecule has 0 aliphatic carbocycles. The van der Waals surface area contributed by atoms with E-state index in [-0.39, 0.29) is 37.5 Å². The molecule has 1 fully saturated rings. The lowest BCUT2D eigenvalue weighted by Gasteiger charge is -2.31. The van der Waals surface area contributed by atoms with Gasteiger partial charge in [0, 0.05) is 12.7 Å². The van der Waals surface area contributed by atoms with Crippen molar-refractivity contribution in [1.29, 1.82) is 0 Å². The van der Waals surface area contributed by atoms with Crippen LogP contribution in [-0.2, 0) is 47.2 Å². The summed E-state index contributed by atoms with van der Waals surface area (Å²) in [4.78, 5) is 110. The Morgan fingerprint density at radius 3 is 2.03 bits per heavy atom. The van der Waals surface area contributed by atoms with Gasteiger partial charge in [0.25, 0.3) is 0 Å². The summed E-state index contributed by atoms with van der Waals surface area (Å²) in [5.74, 6) is -7.43. The normalized spacial score (nSPS) is 21.4. The van der Waals surface area contributed by atoms with E-state index in [1.165, 1.54) is 6.07 Å². The Bertz CT molecular complexity index is 2140. The summed E-state index contributed by atoms with van der Waals surface area (Å²) in [6, 6.07) is -6.36. The van der Waals surface area contributed by atoms with Gasteiger partial charge in [-0.1, -0.05) is 48.0 Å². The highest BCUT2D eigenvalue weighted by Crippen LogP contribution is 2.43. The number of anilines is 1. The highest BCUT2D eigenvalue weighted by atomic mass is 31.2. The van der Waals surface area contributed by atoms with Crippen molar-refractivity contribution in [3.63, 3.8) is 0 Å². The Labute approximate surface area is 416 Å². The van der Waals surface area contributed by atoms with E-state index < -0.39 is 146 Å². The molecule has 0 spiro atoms. The lowest BCUT2D eigenvalue weighted by Crippen LogP contribution is -2.61. The molecule has 1 aliphatic rings. The number of aliphatic carboxylic acids is 1. The monoisotopic (exact) mass is 1050 g/mol. The lowest BCUT2D eigenvalue weighted by atomic mass is 9.96. The van der Waals surface area contributed by atoms with Gasteiger partial charge in [-0.05, 0) is 70.8 Å². The topological polar surface area (TPSA) is 449 Å². The number of carbonyl (C=O) groups is 6. The largest absolute Gasteiger partial charge is 0.493 e. The number of alkyl carbamates (subject to hydrolysis) is 1. The molecule has 2 rings (SSSR count). The molecule has 9 unspecified atom stereocenters. The first-order valence-electron chi connectivity index (χ1n) is 23.2. The zero-order valence-electron chi connectivity index (χ0n) is 42.0. The van der Waals surface area contributed by atoms with Crippen LogP contribution in [0.2, 0.25) is 0 Å². The van der Waals surface area contributed by atoms with Crippen molar-refractivity contribution in [2.24, 2.45) is 28.5 Å². The molecule has 1 aliphatic heterocycles. The maximum atomic E-state index is 14.1. The molecule has 1 aromatic rings. The third kappa shape index (κ3) is 20.2. The summed E-state index contributed by atoms with van der Waals surface area (Å²) >= 11 is 0. The number of carboxylic acid groups (broad SMARTS) is 1. The van der Waals surface area contributed by atoms with E-state index in [0.29, 0.717) is 6.42 Å². The molecule has 1 saturated heterocycles. The van der Waals surface area contributed by atoms with E-state index in [2.05, 4.69) is 41.2 Å². The zero-order valence-corrected chi connectivity index (χ0v) is 42.9. The zero-order chi connectivity index (χ0) is 55.0. The van der Waals surface area contributed by atoms with Gasteiger partial charge in [0.15, 0.2) is 12.3 Å². The Hall–Kier alpha value is -5.52. The molecule has 0 saturated carbocycles. The number of phosphoric acid groups is 1. The van der Waals surface area contributed by atoms with Crippen LogP contribution in [0.4, 0.5) is 10.6 Å². The van der Waals surface area contributed by atoms with Crippen LogP contribution in [0.5, 0.6) is 0 Å². The number of nitrogen functional groups attached to an aromatic ring is 1. The smallest absolute Gasteiger partial charge is 0.480 e. The highest BCUT2D eigenvalue weighted by molar-refractivity contribution is 7.47. The second-order valence-electron chi connectivity index (χ2n) is 19.0. The Balaban J connectivity index is 2.31. The van der Waals surface area contributed by atoms with Gasteiger partial charge in [-0.15, -0.1) is 0 Å². The summed E-state index contributed by atoms with van der Waals surface area (Å²) in [5.41, 5.74) is 11.4. The average molecular weight is 1050 g/mol. The van der Waals surface area contributed by atoms with Crippen molar-refractivity contribution in [2.75, 3.05) is 18.9 Å². The van der Waals surface area contributed by atoms with Crippen LogP contribution in [0.25, 0.3) is 0 Å². The fourth-order valence-electron chi connectivity index (χ4n) is 6.76. The lowest BCUT2D eigenvalue weighted by molar-refractivity contribution is -0.145. The maximum absolute atomic E-state index is 14.1. The highest BCUT2D eigenvalue weighted by Gasteiger charge is 2.45. The van der Waals surface area contributed by atoms with Crippen molar-refractivity contribution in [2.45, 2.75) is 167 Å². The van der Waals surface area contributed by atoms with E-state index in [1.807, 2.05) is 5.48 Å². The number of nitrogens with zero attached hydrogens (tertiary/aromatic N) is 3. The number of aliphatic imine (C=N–C) groups is 1. The van der Waals surface area contributed by atoms with E-state index in [9.17, 15) is 68.6 Å². The van der Waals surface area contributed by atoms with Crippen molar-refractivity contribution in [1.82, 2.24) is 41.6 Å². The van der Waals surface area contributed by atoms with Crippen LogP contribution in [0.1, 0.15) is 101 Å². The molecule has 29 nitrogen and oxygen atoms in total. The first kappa shape index (κ1) is 62.6. The van der Waals surface area contributed by atoms with Crippen LogP contribution in [0.3, 0.4) is 0 Å². The number of hydroxylamine groups is 1. The number of nitrogens with two attached hydrogens (primary N) is 2. The van der Waals surface area contributed by atoms with Gasteiger partial charge in [0.1, 0.15) is 53.9 Å². The van der Waals surface area contributed by atoms with Gasteiger partial charge in [-0.2, -0.15) is 9.61 Å². The predicted molar refractivity (Wildman–Crippen MR) is 255 cm³/mol. The Morgan fingerprint density at radius 1 is 0.903 bits per heavy atom. The molecular weight excluding hydrogens is 977 g/mol. The average Bonchev–Trinajstić information content (AvgIpc) is 3.55. The van der Waals surface area contributed by atoms with Crippen LogP contribution in [0.15, 0.2) is 22.1 Å². The van der Waals surface area contributed by atoms with Crippen molar-refractivity contribution in [3.05, 3.63) is 22.7 Å². The fraction of sp³-hybridized carbons (Fsp3) is 0.738. The summed E-state index contributed by atoms with van der Waals surface area (Å²) < 4.78 is 33.8. The Morgan fingerprint density at radius 2 is 1.49 bits per heavy atom. The molecule has 0 bridgehead atoms. The standard InChI is InChI=1S/C42H74N11O18P/c1-11-21(6)27(35(60)50-28(22(7)54)38(62)63)49-33(58)23(46-34(59)24(17-19(2)3)47-36(61)29(30(55)20(4)5)51-41(65)70-42(8,9)10)13-12-15-45-39(44)52-71-72(66,67)68-18-25-31(56)32(57)37(69-25)53-16-14-26(43)48-40(53)64/h14,16,19-25,27-32,37,54-57H,11-13,15,17-18H2,1-10H3,(H,46,59)(H,47,61)(H,49,58)(H,50,60)(H,51,65)(H,62,63)(H,66,67)(H2,43,48,64)(H3,44,45,52)/t21?,22?,23?,24?,25-,27?,28?,29?,30?,31-,32-,37-/m1/s1. The number of aromatic nitrogens is 2. The minimum absolute atomic E-state index is 0.0129. The second kappa shape index (κ2) is 28.1. The van der Waals surface area contributed by atoms with E-state index >= 15 is 0 Å². The number of aliphatic hydroxyl groups is 4. The van der Waals surface area contributed by atoms with Gasteiger partial charge in [-0.25, -0.2) is 24.4 Å². The number of guanidine groups is 1. The van der Waals surface area contributed by atoms with E-state index in [1.54, 1.807) is 62.3 Å². The maximum Gasteiger partial charge on any atom is 0.493 e. The molecule has 0 aromatic carbocycles. The van der Waals surface area contributed by atoms with Gasteiger partial charge >= 0.3 is 25.6 Å². The van der Waals surface area contributed by atoms with E-state index in [0.717, 1.165) is 17.7 Å². The predicted octanol–water partition coefficient (Wildman–Crippen LogP) is -2.42. The van der Waals surface area contributed by atoms with Crippen molar-refractivity contribution < 1.29 is 82.4 Å². The van der Waals surface area contributed by atoms with Crippen LogP contribution in [-0.4, -0.2) is 161 Å². The number of hydrogen-bond donors (Lipinski definition) is 14. The Kier molecular flexibility index (Phi) is 24.4. The van der Waals surface area contributed by atoms with Crippen LogP contribution in [0, 0.1) is 17.8 Å². The van der Waals surface area contributed by atoms with Crippen molar-refractivity contribution >= 4 is 55.3 Å². The van der Waals surface area contributed by atoms with Gasteiger partial charge in [-0.3, -0.25) is 33.3 Å². The minimum Gasteiger partial charge on any atom is -0.480 e. The minimum atomic E-state index is -5.04. The molecule has 410 valence electrons. The number of nitrogens with one attached hydrogen (secondary N) is 6. The SMILES string of the molecule is CCC(C)C(NC(=O)C(CCCN=C(N)NOP(=O)(O)OC[C@H]1O[C@@H](n2ccc(N)nc2=O)[C@H](O)[C@@H]1O)NC(=O)C(CC(C)C)NC(=O)C(NC(=O)OC(C)(C)C)C(O)C(C)C)C(=O)NC(C(=O)O)C(C)O. The third-order valence-electron chi connectivity index (χ3n) is 10.9. The molecule has 16 N–H and O–H groups in total. The molecule has 1 aromatic heterocycles. The van der Waals surface area contributed by atoms with Gasteiger partial charge in [0.05, 0.1) is 18.8 Å². The number of amides is 5. The summed E-state index contributed by atoms with van der Waals surface area (Å²) in [6.07, 6.45) is -9.15. The fourth-order valence-corrected chi connectivity index (χ4v) is 7.36. The van der Waals surface area contributed by atoms with Crippen LogP contribution >= 0.6 is 7.82 Å². The van der Waals surface area contributed by atoms with Crippen LogP contribution < -0.4 is 49.2 Å². The summed E-state index contributed by atoms with van der Waals surface area (Å²) in [7, 11) is -5.04. The summed E-state index contributed by atoms with van der Waals surface area (Å²) in [6.45, 7) is 14.8. The number of phosphoric ester groups is 1. The number of carbonyl (C=O) groups excluding carboxylic acids is 5. The quantitative estimate of drug-likeness (QED) is 0.0143. The second-order valence-corrected chi connectivity index (χ2v) is 20.4. The van der Waals surface area contributed by atoms with Crippen molar-refractivity contribution in [3.8, 4) is 0 Å². The summed E-state index contributed by atoms with van der Waals surface area (Å²) in [5, 5.41) is 63.7. The molecular formula is C42H74N11O18P. The van der Waals surface area contributed by atoms with Gasteiger partial charge in [0.2, 0.25) is 29.6 Å².